The minimum Gasteiger partial charge on any atom is -0.462 e. The van der Waals surface area contributed by atoms with Crippen molar-refractivity contribution in [1.82, 2.24) is 0 Å². The maximum Gasteiger partial charge on any atom is 0.472 e. The number of unbranched alkanes of at least 4 members (excludes halogenated alkanes) is 1. The Hall–Kier alpha value is -4.08. The molecule has 0 aliphatic rings. The van der Waals surface area contributed by atoms with Gasteiger partial charge in [0.1, 0.15) is 12.7 Å². The molecule has 0 aliphatic carbocycles. The molecule has 376 valence electrons. The molecule has 0 saturated carbocycles. The van der Waals surface area contributed by atoms with E-state index in [2.05, 4.69) is 70.7 Å². The summed E-state index contributed by atoms with van der Waals surface area (Å²) < 4.78 is 47.6. The molecule has 0 rings (SSSR count). The molecule has 0 aliphatic heterocycles. The minimum atomic E-state index is -4.91. The summed E-state index contributed by atoms with van der Waals surface area (Å²) in [5, 5.41) is 29.8. The first-order valence-electron chi connectivity index (χ1n) is 22.8. The van der Waals surface area contributed by atoms with Crippen LogP contribution in [0.3, 0.4) is 0 Å². The lowest BCUT2D eigenvalue weighted by molar-refractivity contribution is -0.161. The fraction of sp³-hybridized carbons (Fsp3) is 0.480. The van der Waals surface area contributed by atoms with E-state index >= 15 is 0 Å². The van der Waals surface area contributed by atoms with Crippen LogP contribution in [0.1, 0.15) is 104 Å². The number of ether oxygens (including phenoxy) is 2. The summed E-state index contributed by atoms with van der Waals surface area (Å²) in [7, 11) is -9.80. The standard InChI is InChI=1S/C50H76O15P2/c1-3-5-7-8-9-10-11-12-13-14-15-16-17-18-19-20-24-27-33-39-49(54)61-43-48(44-64-67(59,60)63-42-47(53)41-62-66(56,57)58)65-50(55)40-34-28-32-38-46(52)37-31-26-23-21-22-25-30-36-45(51)35-29-6-4-2/h5-7,9-10,12-13,15-16,18-19,22-27,29-32,36-38,45-48,51-53H,3-4,8,11,14,17,20-21,28,33-35,39-44H2,1-2H3,(H,59,60)(H2,56,57,58)/b7-5-,10-9-,13-12-,16-15-,19-18-,25-22-,26-23-,27-24-,29-6-,36-30+,37-31+,38-32-/t45-,46-,47-,48+/m0/s1. The van der Waals surface area contributed by atoms with E-state index in [0.29, 0.717) is 38.5 Å². The van der Waals surface area contributed by atoms with Crippen molar-refractivity contribution in [2.24, 2.45) is 0 Å². The Balaban J connectivity index is 4.88. The van der Waals surface area contributed by atoms with Gasteiger partial charge in [0, 0.05) is 12.8 Å². The van der Waals surface area contributed by atoms with Crippen molar-refractivity contribution in [1.29, 1.82) is 0 Å². The highest BCUT2D eigenvalue weighted by Crippen LogP contribution is 2.43. The van der Waals surface area contributed by atoms with Crippen molar-refractivity contribution < 1.29 is 71.8 Å². The molecule has 17 heteroatoms. The normalized spacial score (nSPS) is 16.1. The molecule has 15 nitrogen and oxygen atoms in total. The van der Waals surface area contributed by atoms with E-state index in [4.69, 9.17) is 23.8 Å². The number of phosphoric acid groups is 2. The molecule has 0 bridgehead atoms. The SMILES string of the molecule is CC/C=C\C/C=C\C/C=C\C/C=C\C/C=C\C/C=C\CCC(=O)OC[C@H](COP(=O)(O)OC[C@@H](O)COP(=O)(O)O)OC(=O)CCC/C=C\[C@@H](O)/C=C/C=C\C/C=C\C=C\[C@@H](O)C/C=C\CC. The van der Waals surface area contributed by atoms with Gasteiger partial charge >= 0.3 is 27.6 Å². The second-order valence-corrected chi connectivity index (χ2v) is 17.3. The van der Waals surface area contributed by atoms with E-state index in [1.165, 1.54) is 0 Å². The van der Waals surface area contributed by atoms with Crippen LogP contribution in [0.4, 0.5) is 0 Å². The molecule has 5 atom stereocenters. The van der Waals surface area contributed by atoms with Crippen LogP contribution < -0.4 is 0 Å². The van der Waals surface area contributed by atoms with E-state index in [9.17, 15) is 38.9 Å². The molecule has 0 radical (unpaired) electrons. The Morgan fingerprint density at radius 2 is 1.01 bits per heavy atom. The molecule has 0 aromatic carbocycles. The van der Waals surface area contributed by atoms with Crippen LogP contribution in [0.2, 0.25) is 0 Å². The first kappa shape index (κ1) is 62.9. The van der Waals surface area contributed by atoms with Gasteiger partial charge in [0.2, 0.25) is 0 Å². The topological polar surface area (TPSA) is 236 Å². The van der Waals surface area contributed by atoms with Gasteiger partial charge in [0.05, 0.1) is 32.0 Å². The molecule has 0 spiro atoms. The van der Waals surface area contributed by atoms with Gasteiger partial charge in [-0.3, -0.25) is 23.2 Å². The summed E-state index contributed by atoms with van der Waals surface area (Å²) in [6, 6.07) is 0. The Morgan fingerprint density at radius 1 is 0.507 bits per heavy atom. The summed E-state index contributed by atoms with van der Waals surface area (Å²) in [6.07, 6.45) is 50.7. The lowest BCUT2D eigenvalue weighted by atomic mass is 10.2. The second-order valence-electron chi connectivity index (χ2n) is 14.6. The molecule has 0 saturated heterocycles. The Labute approximate surface area is 398 Å². The third-order valence-corrected chi connectivity index (χ3v) is 9.84. The summed E-state index contributed by atoms with van der Waals surface area (Å²) in [4.78, 5) is 52.7. The Morgan fingerprint density at radius 3 is 1.60 bits per heavy atom. The molecule has 0 aromatic rings. The van der Waals surface area contributed by atoms with Crippen LogP contribution in [0, 0.1) is 0 Å². The van der Waals surface area contributed by atoms with Gasteiger partial charge in [-0.2, -0.15) is 0 Å². The largest absolute Gasteiger partial charge is 0.472 e. The number of allylic oxidation sites excluding steroid dienone is 20. The highest BCUT2D eigenvalue weighted by atomic mass is 31.2. The highest BCUT2D eigenvalue weighted by molar-refractivity contribution is 7.47. The van der Waals surface area contributed by atoms with Crippen LogP contribution in [-0.2, 0) is 41.8 Å². The van der Waals surface area contributed by atoms with E-state index in [1.54, 1.807) is 42.5 Å². The number of esters is 2. The highest BCUT2D eigenvalue weighted by Gasteiger charge is 2.28. The molecule has 0 fully saturated rings. The van der Waals surface area contributed by atoms with Gasteiger partial charge in [-0.1, -0.05) is 160 Å². The number of carbonyl (C=O) groups excluding carboxylic acids is 2. The van der Waals surface area contributed by atoms with Crippen molar-refractivity contribution in [3.8, 4) is 0 Å². The van der Waals surface area contributed by atoms with Crippen LogP contribution in [0.15, 0.2) is 146 Å². The van der Waals surface area contributed by atoms with Crippen molar-refractivity contribution >= 4 is 27.6 Å². The van der Waals surface area contributed by atoms with Gasteiger partial charge in [0.15, 0.2) is 6.10 Å². The lowest BCUT2D eigenvalue weighted by Gasteiger charge is -2.20. The molecule has 6 N–H and O–H groups in total. The summed E-state index contributed by atoms with van der Waals surface area (Å²) >= 11 is 0. The Bertz CT molecular complexity index is 1760. The number of aliphatic hydroxyl groups is 3. The number of phosphoric ester groups is 2. The monoisotopic (exact) mass is 978 g/mol. The van der Waals surface area contributed by atoms with E-state index < -0.39 is 78.4 Å². The maximum atomic E-state index is 12.7. The van der Waals surface area contributed by atoms with Gasteiger partial charge in [-0.15, -0.1) is 0 Å². The number of carbonyl (C=O) groups is 2. The number of hydrogen-bond donors (Lipinski definition) is 6. The van der Waals surface area contributed by atoms with Crippen molar-refractivity contribution in [3.63, 3.8) is 0 Å². The summed E-state index contributed by atoms with van der Waals surface area (Å²) in [5.41, 5.74) is 0. The average molecular weight is 979 g/mol. The molecule has 0 aromatic heterocycles. The van der Waals surface area contributed by atoms with Crippen molar-refractivity contribution in [2.45, 2.75) is 128 Å². The van der Waals surface area contributed by atoms with Gasteiger partial charge < -0.3 is 39.5 Å². The first-order valence-corrected chi connectivity index (χ1v) is 25.8. The fourth-order valence-corrected chi connectivity index (χ4v) is 6.15. The quantitative estimate of drug-likeness (QED) is 0.0110. The van der Waals surface area contributed by atoms with Crippen LogP contribution >= 0.6 is 15.6 Å². The molecular weight excluding hydrogens is 902 g/mol. The molecule has 67 heavy (non-hydrogen) atoms. The third-order valence-electron chi connectivity index (χ3n) is 8.40. The van der Waals surface area contributed by atoms with Crippen LogP contribution in [0.25, 0.3) is 0 Å². The zero-order valence-corrected chi connectivity index (χ0v) is 40.9. The zero-order valence-electron chi connectivity index (χ0n) is 39.1. The van der Waals surface area contributed by atoms with Gasteiger partial charge in [0.25, 0.3) is 0 Å². The van der Waals surface area contributed by atoms with Gasteiger partial charge in [-0.25, -0.2) is 9.13 Å². The average Bonchev–Trinajstić information content (AvgIpc) is 3.28. The summed E-state index contributed by atoms with van der Waals surface area (Å²) in [6.45, 7) is 1.12. The predicted octanol–water partition coefficient (Wildman–Crippen LogP) is 9.94. The number of aliphatic hydroxyl groups excluding tert-OH is 3. The molecule has 1 unspecified atom stereocenters. The molecule has 0 heterocycles. The van der Waals surface area contributed by atoms with E-state index in [-0.39, 0.29) is 12.8 Å². The number of rotatable bonds is 40. The zero-order chi connectivity index (χ0) is 49.7. The lowest BCUT2D eigenvalue weighted by Crippen LogP contribution is -2.29. The summed E-state index contributed by atoms with van der Waals surface area (Å²) in [5.74, 6) is -1.33. The second kappa shape index (κ2) is 43.2. The fourth-order valence-electron chi connectivity index (χ4n) is 4.99. The Kier molecular flexibility index (Phi) is 40.6. The van der Waals surface area contributed by atoms with E-state index in [0.717, 1.165) is 38.5 Å². The molecule has 0 amide bonds. The maximum absolute atomic E-state index is 12.7. The van der Waals surface area contributed by atoms with Crippen molar-refractivity contribution in [2.75, 3.05) is 26.4 Å². The first-order chi connectivity index (χ1) is 32.2. The van der Waals surface area contributed by atoms with E-state index in [1.807, 2.05) is 55.5 Å². The minimum absolute atomic E-state index is 0.0168. The molecular formula is C50H76O15P2. The van der Waals surface area contributed by atoms with Crippen LogP contribution in [0.5, 0.6) is 0 Å². The van der Waals surface area contributed by atoms with Crippen LogP contribution in [-0.4, -0.2) is 92.8 Å². The van der Waals surface area contributed by atoms with Crippen molar-refractivity contribution in [3.05, 3.63) is 146 Å². The smallest absolute Gasteiger partial charge is 0.462 e. The van der Waals surface area contributed by atoms with Gasteiger partial charge in [-0.05, 0) is 77.0 Å². The third kappa shape index (κ3) is 46.8. The predicted molar refractivity (Wildman–Crippen MR) is 264 cm³/mol. The number of hydrogen-bond acceptors (Lipinski definition) is 12.